The Bertz CT molecular complexity index is 474. The summed E-state index contributed by atoms with van der Waals surface area (Å²) in [6.07, 6.45) is 8.71. The second-order valence-electron chi connectivity index (χ2n) is 8.62. The molecule has 1 aliphatic heterocycles. The molecule has 4 bridgehead atoms. The van der Waals surface area contributed by atoms with Crippen molar-refractivity contribution in [3.63, 3.8) is 0 Å². The number of nitrogens with two attached hydrogens (primary N) is 1. The summed E-state index contributed by atoms with van der Waals surface area (Å²) in [7, 11) is 0. The Morgan fingerprint density at radius 3 is 1.90 bits per heavy atom. The number of rotatable bonds is 3. The molecular weight excluding hydrogens is 264 g/mol. The molecule has 4 nitrogen and oxygen atoms in total. The van der Waals surface area contributed by atoms with Crippen molar-refractivity contribution < 1.29 is 9.59 Å². The molecule has 0 aromatic carbocycles. The molecule has 0 aromatic rings. The second kappa shape index (κ2) is 3.89. The van der Waals surface area contributed by atoms with Crippen LogP contribution in [0.2, 0.25) is 0 Å². The zero-order chi connectivity index (χ0) is 14.4. The summed E-state index contributed by atoms with van der Waals surface area (Å²) in [4.78, 5) is 25.8. The van der Waals surface area contributed by atoms with E-state index >= 15 is 0 Å². The second-order valence-corrected chi connectivity index (χ2v) is 8.62. The first kappa shape index (κ1) is 12.6. The minimum atomic E-state index is -0.00343. The lowest BCUT2D eigenvalue weighted by molar-refractivity contribution is -0.143. The van der Waals surface area contributed by atoms with E-state index < -0.39 is 0 Å². The van der Waals surface area contributed by atoms with Crippen LogP contribution in [0.15, 0.2) is 0 Å². The van der Waals surface area contributed by atoms with Crippen LogP contribution in [0, 0.1) is 35.0 Å². The summed E-state index contributed by atoms with van der Waals surface area (Å²) in [5.41, 5.74) is 6.82. The average Bonchev–Trinajstić information content (AvgIpc) is 3.17. The summed E-state index contributed by atoms with van der Waals surface area (Å²) in [5.74, 6) is 2.74. The molecule has 0 radical (unpaired) electrons. The fraction of sp³-hybridized carbons (Fsp3) is 0.882. The third kappa shape index (κ3) is 1.65. The summed E-state index contributed by atoms with van der Waals surface area (Å²) < 4.78 is 0. The minimum Gasteiger partial charge on any atom is -0.326 e. The van der Waals surface area contributed by atoms with E-state index in [2.05, 4.69) is 0 Å². The minimum absolute atomic E-state index is 0.00343. The van der Waals surface area contributed by atoms with Crippen LogP contribution in [0.25, 0.3) is 0 Å². The van der Waals surface area contributed by atoms with Gasteiger partial charge in [0.15, 0.2) is 0 Å². The lowest BCUT2D eigenvalue weighted by atomic mass is 9.48. The van der Waals surface area contributed by atoms with Crippen LogP contribution >= 0.6 is 0 Å². The number of carbonyl (C=O) groups excluding carboxylic acids is 2. The first-order valence-corrected chi connectivity index (χ1v) is 8.66. The van der Waals surface area contributed by atoms with Gasteiger partial charge in [0.25, 0.3) is 0 Å². The Labute approximate surface area is 125 Å². The third-order valence-corrected chi connectivity index (χ3v) is 7.21. The molecule has 6 rings (SSSR count). The Hall–Kier alpha value is -0.900. The first-order chi connectivity index (χ1) is 10.1. The van der Waals surface area contributed by atoms with Crippen LogP contribution in [0.3, 0.4) is 0 Å². The molecule has 0 aromatic heterocycles. The van der Waals surface area contributed by atoms with Crippen molar-refractivity contribution in [3.8, 4) is 0 Å². The van der Waals surface area contributed by atoms with Gasteiger partial charge in [-0.3, -0.25) is 14.5 Å². The molecule has 6 fully saturated rings. The van der Waals surface area contributed by atoms with E-state index in [9.17, 15) is 9.59 Å². The molecular formula is C17H24N2O2. The van der Waals surface area contributed by atoms with Gasteiger partial charge >= 0.3 is 0 Å². The van der Waals surface area contributed by atoms with Gasteiger partial charge in [0.1, 0.15) is 0 Å². The van der Waals surface area contributed by atoms with E-state index in [0.29, 0.717) is 6.54 Å². The number of hydrogen-bond acceptors (Lipinski definition) is 3. The van der Waals surface area contributed by atoms with Crippen LogP contribution in [0.1, 0.15) is 44.9 Å². The molecule has 2 amide bonds. The maximum Gasteiger partial charge on any atom is 0.233 e. The largest absolute Gasteiger partial charge is 0.326 e. The molecule has 0 spiro atoms. The lowest BCUT2D eigenvalue weighted by Gasteiger charge is -2.59. The van der Waals surface area contributed by atoms with Crippen molar-refractivity contribution in [2.75, 3.05) is 6.54 Å². The van der Waals surface area contributed by atoms with Crippen LogP contribution < -0.4 is 5.73 Å². The van der Waals surface area contributed by atoms with Gasteiger partial charge in [0.2, 0.25) is 11.8 Å². The standard InChI is InChI=1S/C17H24N2O2/c18-14(8-19-15(20)12-4-13(12)16(19)21)17-5-9-1-10(6-17)3-11(2-9)7-17/h9-14H,1-8,18H2. The van der Waals surface area contributed by atoms with Crippen LogP contribution in [-0.4, -0.2) is 29.3 Å². The zero-order valence-corrected chi connectivity index (χ0v) is 12.5. The van der Waals surface area contributed by atoms with E-state index in [1.165, 1.54) is 43.4 Å². The van der Waals surface area contributed by atoms with Crippen molar-refractivity contribution >= 4 is 11.8 Å². The number of imide groups is 1. The molecule has 4 heteroatoms. The van der Waals surface area contributed by atoms with Crippen molar-refractivity contribution in [3.05, 3.63) is 0 Å². The summed E-state index contributed by atoms with van der Waals surface area (Å²) in [5, 5.41) is 0. The number of piperidine rings is 1. The highest BCUT2D eigenvalue weighted by Gasteiger charge is 2.60. The molecule has 2 N–H and O–H groups in total. The van der Waals surface area contributed by atoms with Crippen LogP contribution in [0.5, 0.6) is 0 Å². The van der Waals surface area contributed by atoms with Gasteiger partial charge in [0, 0.05) is 12.6 Å². The van der Waals surface area contributed by atoms with Gasteiger partial charge in [-0.2, -0.15) is 0 Å². The summed E-state index contributed by atoms with van der Waals surface area (Å²) >= 11 is 0. The number of likely N-dealkylation sites (tertiary alicyclic amines) is 1. The average molecular weight is 288 g/mol. The monoisotopic (exact) mass is 288 g/mol. The highest BCUT2D eigenvalue weighted by molar-refractivity contribution is 6.08. The molecule has 3 atom stereocenters. The lowest BCUT2D eigenvalue weighted by Crippen LogP contribution is -2.58. The van der Waals surface area contributed by atoms with E-state index in [4.69, 9.17) is 5.73 Å². The van der Waals surface area contributed by atoms with Crippen molar-refractivity contribution in [1.29, 1.82) is 0 Å². The topological polar surface area (TPSA) is 63.4 Å². The number of fused-ring (bicyclic) bond motifs is 1. The Kier molecular flexibility index (Phi) is 2.34. The van der Waals surface area contributed by atoms with E-state index in [1.807, 2.05) is 0 Å². The molecule has 5 saturated carbocycles. The third-order valence-electron chi connectivity index (χ3n) is 7.21. The molecule has 6 aliphatic rings. The molecule has 1 saturated heterocycles. The van der Waals surface area contributed by atoms with Crippen molar-refractivity contribution in [1.82, 2.24) is 4.90 Å². The Morgan fingerprint density at radius 1 is 0.952 bits per heavy atom. The van der Waals surface area contributed by atoms with Crippen molar-refractivity contribution in [2.45, 2.75) is 51.0 Å². The van der Waals surface area contributed by atoms with Gasteiger partial charge in [-0.05, 0) is 68.1 Å². The Morgan fingerprint density at radius 2 is 1.43 bits per heavy atom. The predicted molar refractivity (Wildman–Crippen MR) is 76.9 cm³/mol. The van der Waals surface area contributed by atoms with Gasteiger partial charge in [-0.15, -0.1) is 0 Å². The first-order valence-electron chi connectivity index (χ1n) is 8.66. The highest BCUT2D eigenvalue weighted by Crippen LogP contribution is 2.61. The predicted octanol–water partition coefficient (Wildman–Crippen LogP) is 1.53. The maximum atomic E-state index is 12.2. The molecule has 3 unspecified atom stereocenters. The van der Waals surface area contributed by atoms with Gasteiger partial charge < -0.3 is 5.73 Å². The number of hydrogen-bond donors (Lipinski definition) is 1. The normalized spacial score (nSPS) is 51.5. The summed E-state index contributed by atoms with van der Waals surface area (Å²) in [6.45, 7) is 0.483. The maximum absolute atomic E-state index is 12.2. The van der Waals surface area contributed by atoms with Crippen LogP contribution in [-0.2, 0) is 9.59 Å². The Balaban J connectivity index is 1.36. The molecule has 114 valence electrons. The summed E-state index contributed by atoms with van der Waals surface area (Å²) in [6, 6.07) is -0.00343. The van der Waals surface area contributed by atoms with E-state index in [1.54, 1.807) is 0 Å². The SMILES string of the molecule is NC(CN1C(=O)C2CC2C1=O)C12CC3CC(CC(C3)C1)C2. The number of amides is 2. The molecule has 21 heavy (non-hydrogen) atoms. The molecule has 1 heterocycles. The number of carbonyl (C=O) groups is 2. The van der Waals surface area contributed by atoms with Gasteiger partial charge in [0.05, 0.1) is 11.8 Å². The van der Waals surface area contributed by atoms with E-state index in [0.717, 1.165) is 24.2 Å². The highest BCUT2D eigenvalue weighted by atomic mass is 16.2. The quantitative estimate of drug-likeness (QED) is 0.801. The zero-order valence-electron chi connectivity index (χ0n) is 12.5. The van der Waals surface area contributed by atoms with Crippen LogP contribution in [0.4, 0.5) is 0 Å². The fourth-order valence-corrected chi connectivity index (χ4v) is 6.45. The van der Waals surface area contributed by atoms with Gasteiger partial charge in [-0.1, -0.05) is 0 Å². The number of nitrogens with zero attached hydrogens (tertiary/aromatic N) is 1. The molecule has 5 aliphatic carbocycles. The van der Waals surface area contributed by atoms with E-state index in [-0.39, 0.29) is 35.1 Å². The smallest absolute Gasteiger partial charge is 0.233 e. The van der Waals surface area contributed by atoms with Gasteiger partial charge in [-0.25, -0.2) is 0 Å². The fourth-order valence-electron chi connectivity index (χ4n) is 6.45. The van der Waals surface area contributed by atoms with Crippen molar-refractivity contribution in [2.24, 2.45) is 40.7 Å².